The van der Waals surface area contributed by atoms with Gasteiger partial charge in [0.15, 0.2) is 0 Å². The summed E-state index contributed by atoms with van der Waals surface area (Å²) < 4.78 is 0.830. The first-order chi connectivity index (χ1) is 15.7. The fourth-order valence-electron chi connectivity index (χ4n) is 3.90. The van der Waals surface area contributed by atoms with Crippen LogP contribution in [0, 0.1) is 6.92 Å². The third-order valence-electron chi connectivity index (χ3n) is 5.67. The van der Waals surface area contributed by atoms with Gasteiger partial charge in [0.05, 0.1) is 4.47 Å². The fourth-order valence-corrected chi connectivity index (χ4v) is 4.23. The second-order valence-electron chi connectivity index (χ2n) is 8.00. The molecule has 0 unspecified atom stereocenters. The lowest BCUT2D eigenvalue weighted by atomic mass is 9.99. The van der Waals surface area contributed by atoms with Gasteiger partial charge in [-0.1, -0.05) is 35.9 Å². The zero-order chi connectivity index (χ0) is 21.9. The molecule has 4 N–H and O–H groups in total. The molecule has 7 heteroatoms. The first kappa shape index (κ1) is 20.7. The molecule has 4 aromatic rings. The average Bonchev–Trinajstić information content (AvgIpc) is 3.24. The standard InChI is InChI=1S/C25H25BrN6/c1-16-2-4-17(5-3-16)13-29-24-22(26)15-30-25(32-24)31-19-6-7-23-20(12-19)21(14-28-23)18-8-10-27-11-9-18/h2-8,12,14-15,27-28H,9-11,13H2,1H3,(H2,29,30,31,32). The van der Waals surface area contributed by atoms with E-state index in [0.717, 1.165) is 41.0 Å². The number of hydrogen-bond donors (Lipinski definition) is 4. The molecule has 0 spiro atoms. The van der Waals surface area contributed by atoms with Crippen molar-refractivity contribution < 1.29 is 0 Å². The first-order valence-electron chi connectivity index (χ1n) is 10.8. The predicted molar refractivity (Wildman–Crippen MR) is 135 cm³/mol. The number of H-pyrrole nitrogens is 1. The molecule has 0 radical (unpaired) electrons. The van der Waals surface area contributed by atoms with Crippen molar-refractivity contribution in [1.82, 2.24) is 20.3 Å². The van der Waals surface area contributed by atoms with E-state index in [1.54, 1.807) is 6.20 Å². The number of nitrogens with zero attached hydrogens (tertiary/aromatic N) is 2. The molecule has 162 valence electrons. The van der Waals surface area contributed by atoms with Gasteiger partial charge in [0.1, 0.15) is 5.82 Å². The lowest BCUT2D eigenvalue weighted by Crippen LogP contribution is -2.19. The third kappa shape index (κ3) is 4.54. The number of halogens is 1. The van der Waals surface area contributed by atoms with Crippen molar-refractivity contribution in [2.45, 2.75) is 19.9 Å². The molecular weight excluding hydrogens is 464 g/mol. The molecule has 32 heavy (non-hydrogen) atoms. The van der Waals surface area contributed by atoms with Crippen molar-refractivity contribution in [2.24, 2.45) is 0 Å². The van der Waals surface area contributed by atoms with E-state index in [-0.39, 0.29) is 0 Å². The van der Waals surface area contributed by atoms with E-state index in [9.17, 15) is 0 Å². The van der Waals surface area contributed by atoms with Gasteiger partial charge in [0.2, 0.25) is 5.95 Å². The minimum absolute atomic E-state index is 0.553. The van der Waals surface area contributed by atoms with Gasteiger partial charge in [-0.15, -0.1) is 0 Å². The van der Waals surface area contributed by atoms with Crippen LogP contribution in [0.2, 0.25) is 0 Å². The summed E-state index contributed by atoms with van der Waals surface area (Å²) in [6.07, 6.45) is 7.19. The van der Waals surface area contributed by atoms with Crippen LogP contribution in [0.15, 0.2) is 65.4 Å². The number of benzene rings is 2. The van der Waals surface area contributed by atoms with E-state index >= 15 is 0 Å². The van der Waals surface area contributed by atoms with E-state index in [1.807, 2.05) is 6.07 Å². The molecule has 0 aliphatic carbocycles. The highest BCUT2D eigenvalue weighted by molar-refractivity contribution is 9.10. The highest BCUT2D eigenvalue weighted by Crippen LogP contribution is 2.31. The van der Waals surface area contributed by atoms with Gasteiger partial charge in [0, 0.05) is 47.6 Å². The van der Waals surface area contributed by atoms with Crippen molar-refractivity contribution in [1.29, 1.82) is 0 Å². The number of nitrogens with one attached hydrogen (secondary N) is 4. The van der Waals surface area contributed by atoms with Crippen LogP contribution in [0.25, 0.3) is 16.5 Å². The van der Waals surface area contributed by atoms with Crippen molar-refractivity contribution >= 4 is 49.9 Å². The maximum Gasteiger partial charge on any atom is 0.229 e. The quantitative estimate of drug-likeness (QED) is 0.277. The number of hydrogen-bond acceptors (Lipinski definition) is 5. The van der Waals surface area contributed by atoms with E-state index in [1.165, 1.54) is 27.6 Å². The average molecular weight is 489 g/mol. The molecule has 3 heterocycles. The van der Waals surface area contributed by atoms with Gasteiger partial charge in [-0.2, -0.15) is 4.98 Å². The predicted octanol–water partition coefficient (Wildman–Crippen LogP) is 5.76. The SMILES string of the molecule is Cc1ccc(CNc2nc(Nc3ccc4[nH]cc(C5=CCNCC5)c4c3)ncc2Br)cc1. The lowest BCUT2D eigenvalue weighted by molar-refractivity contribution is 0.739. The topological polar surface area (TPSA) is 77.7 Å². The van der Waals surface area contributed by atoms with Crippen LogP contribution < -0.4 is 16.0 Å². The molecule has 0 fully saturated rings. The normalized spacial score (nSPS) is 13.8. The molecule has 0 amide bonds. The summed E-state index contributed by atoms with van der Waals surface area (Å²) in [6, 6.07) is 14.8. The molecule has 2 aromatic carbocycles. The number of anilines is 3. The van der Waals surface area contributed by atoms with Crippen molar-refractivity contribution in [3.8, 4) is 0 Å². The fraction of sp³-hybridized carbons (Fsp3) is 0.200. The summed E-state index contributed by atoms with van der Waals surface area (Å²) in [5.74, 6) is 1.31. The summed E-state index contributed by atoms with van der Waals surface area (Å²) in [5.41, 5.74) is 7.19. The van der Waals surface area contributed by atoms with Gasteiger partial charge >= 0.3 is 0 Å². The molecule has 0 atom stereocenters. The molecule has 0 bridgehead atoms. The summed E-state index contributed by atoms with van der Waals surface area (Å²) in [5, 5.41) is 11.3. The summed E-state index contributed by atoms with van der Waals surface area (Å²) in [4.78, 5) is 12.5. The van der Waals surface area contributed by atoms with E-state index in [2.05, 4.69) is 102 Å². The van der Waals surface area contributed by atoms with Crippen LogP contribution >= 0.6 is 15.9 Å². The second-order valence-corrected chi connectivity index (χ2v) is 8.85. The Bertz CT molecular complexity index is 1280. The first-order valence-corrected chi connectivity index (χ1v) is 11.6. The van der Waals surface area contributed by atoms with Crippen LogP contribution in [0.4, 0.5) is 17.5 Å². The van der Waals surface area contributed by atoms with Gasteiger partial charge in [0.25, 0.3) is 0 Å². The Morgan fingerprint density at radius 2 is 2.00 bits per heavy atom. The highest BCUT2D eigenvalue weighted by atomic mass is 79.9. The summed E-state index contributed by atoms with van der Waals surface area (Å²) >= 11 is 3.55. The van der Waals surface area contributed by atoms with Crippen LogP contribution in [0.3, 0.4) is 0 Å². The number of fused-ring (bicyclic) bond motifs is 1. The Morgan fingerprint density at radius 3 is 2.81 bits per heavy atom. The summed E-state index contributed by atoms with van der Waals surface area (Å²) in [7, 11) is 0. The van der Waals surface area contributed by atoms with E-state index < -0.39 is 0 Å². The Kier molecular flexibility index (Phi) is 5.92. The van der Waals surface area contributed by atoms with Crippen molar-refractivity contribution in [2.75, 3.05) is 23.7 Å². The lowest BCUT2D eigenvalue weighted by Gasteiger charge is -2.14. The van der Waals surface area contributed by atoms with Crippen molar-refractivity contribution in [3.63, 3.8) is 0 Å². The zero-order valence-corrected chi connectivity index (χ0v) is 19.5. The van der Waals surface area contributed by atoms with Crippen LogP contribution in [0.1, 0.15) is 23.1 Å². The van der Waals surface area contributed by atoms with Gasteiger partial charge < -0.3 is 20.9 Å². The van der Waals surface area contributed by atoms with Gasteiger partial charge in [-0.3, -0.25) is 0 Å². The number of rotatable bonds is 6. The molecule has 1 aliphatic heterocycles. The Balaban J connectivity index is 1.36. The zero-order valence-electron chi connectivity index (χ0n) is 17.9. The number of aryl methyl sites for hydroxylation is 1. The number of aromatic amines is 1. The Labute approximate surface area is 195 Å². The minimum Gasteiger partial charge on any atom is -0.365 e. The summed E-state index contributed by atoms with van der Waals surface area (Å²) in [6.45, 7) is 4.72. The Morgan fingerprint density at radius 1 is 1.12 bits per heavy atom. The molecule has 0 saturated heterocycles. The van der Waals surface area contributed by atoms with Crippen molar-refractivity contribution in [3.05, 3.63) is 82.1 Å². The maximum absolute atomic E-state index is 4.67. The van der Waals surface area contributed by atoms with E-state index in [0.29, 0.717) is 12.5 Å². The molecule has 2 aromatic heterocycles. The maximum atomic E-state index is 4.67. The Hall–Kier alpha value is -3.16. The van der Waals surface area contributed by atoms with Crippen LogP contribution in [-0.4, -0.2) is 28.0 Å². The van der Waals surface area contributed by atoms with Crippen LogP contribution in [0.5, 0.6) is 0 Å². The van der Waals surface area contributed by atoms with Crippen LogP contribution in [-0.2, 0) is 6.54 Å². The largest absolute Gasteiger partial charge is 0.365 e. The molecular formula is C25H25BrN6. The molecule has 6 nitrogen and oxygen atoms in total. The molecule has 5 rings (SSSR count). The van der Waals surface area contributed by atoms with Gasteiger partial charge in [-0.05, 0) is 65.2 Å². The third-order valence-corrected chi connectivity index (χ3v) is 6.25. The molecule has 1 aliphatic rings. The van der Waals surface area contributed by atoms with Gasteiger partial charge in [-0.25, -0.2) is 4.98 Å². The smallest absolute Gasteiger partial charge is 0.229 e. The van der Waals surface area contributed by atoms with E-state index in [4.69, 9.17) is 0 Å². The highest BCUT2D eigenvalue weighted by Gasteiger charge is 2.12. The second kappa shape index (κ2) is 9.14. The number of aromatic nitrogens is 3. The minimum atomic E-state index is 0.553. The monoisotopic (exact) mass is 488 g/mol. The molecule has 0 saturated carbocycles.